The number of nitrogens with two attached hydrogens (primary N) is 4. The zero-order valence-electron chi connectivity index (χ0n) is 44.5. The maximum Gasteiger partial charge on any atom is 0.245 e. The van der Waals surface area contributed by atoms with Crippen LogP contribution in [0.3, 0.4) is 0 Å². The zero-order valence-corrected chi connectivity index (χ0v) is 46.1. The van der Waals surface area contributed by atoms with E-state index in [1.807, 2.05) is 30.3 Å². The average molecular weight is 1140 g/mol. The first-order valence-electron chi connectivity index (χ1n) is 25.7. The van der Waals surface area contributed by atoms with Crippen molar-refractivity contribution in [1.82, 2.24) is 47.2 Å². The fraction of sp³-hybridized carbons (Fsp3) is 0.415. The van der Waals surface area contributed by atoms with Gasteiger partial charge in [0.1, 0.15) is 48.0 Å². The van der Waals surface area contributed by atoms with Crippen LogP contribution < -0.4 is 60.2 Å². The minimum atomic E-state index is -1.81. The first-order valence-corrected chi connectivity index (χ1v) is 28.0. The van der Waals surface area contributed by atoms with Crippen LogP contribution in [0.4, 0.5) is 0 Å². The number of hydrogen-bond donors (Lipinski definition) is 16. The molecule has 3 aromatic carbocycles. The number of nitrogens with zero attached hydrogens (tertiary/aromatic N) is 1. The molecule has 10 atom stereocenters. The molecule has 80 heavy (non-hydrogen) atoms. The molecule has 1 aliphatic rings. The van der Waals surface area contributed by atoms with E-state index in [9.17, 15) is 53.7 Å². The molecule has 5 aromatic rings. The number of carbonyl (C=O) groups excluding carboxylic acids is 8. The van der Waals surface area contributed by atoms with Crippen molar-refractivity contribution in [3.05, 3.63) is 102 Å². The van der Waals surface area contributed by atoms with E-state index in [1.54, 1.807) is 30.6 Å². The van der Waals surface area contributed by atoms with Crippen molar-refractivity contribution >= 4 is 96.6 Å². The molecule has 8 amide bonds. The van der Waals surface area contributed by atoms with Crippen LogP contribution in [-0.4, -0.2) is 156 Å². The number of H-pyrrole nitrogens is 2. The molecule has 25 nitrogen and oxygen atoms in total. The number of aliphatic hydroxyl groups excluding tert-OH is 2. The Morgan fingerprint density at radius 2 is 1.30 bits per heavy atom. The van der Waals surface area contributed by atoms with Gasteiger partial charge >= 0.3 is 0 Å². The van der Waals surface area contributed by atoms with Gasteiger partial charge in [0.2, 0.25) is 47.3 Å². The van der Waals surface area contributed by atoms with Crippen molar-refractivity contribution in [2.24, 2.45) is 27.9 Å². The Kier molecular flexibility index (Phi) is 21.4. The van der Waals surface area contributed by atoms with Crippen molar-refractivity contribution in [2.75, 3.05) is 12.3 Å². The summed E-state index contributed by atoms with van der Waals surface area (Å²) in [5, 5.41) is 51.6. The summed E-state index contributed by atoms with van der Waals surface area (Å²) >= 11 is 0. The summed E-state index contributed by atoms with van der Waals surface area (Å²) in [7, 11) is 1.91. The highest BCUT2D eigenvalue weighted by Crippen LogP contribution is 2.39. The van der Waals surface area contributed by atoms with Crippen LogP contribution >= 0.6 is 21.6 Å². The number of phenols is 1. The molecule has 6 rings (SSSR count). The number of primary amides is 1. The van der Waals surface area contributed by atoms with Gasteiger partial charge in [-0.3, -0.25) is 43.3 Å². The number of benzene rings is 3. The van der Waals surface area contributed by atoms with E-state index in [1.165, 1.54) is 52.0 Å². The quantitative estimate of drug-likeness (QED) is 0.0220. The third kappa shape index (κ3) is 16.6. The Labute approximate surface area is 468 Å². The first-order chi connectivity index (χ1) is 37.9. The number of amides is 8. The number of aromatic hydroxyl groups is 1. The van der Waals surface area contributed by atoms with Gasteiger partial charge in [-0.15, -0.1) is 0 Å². The lowest BCUT2D eigenvalue weighted by molar-refractivity contribution is -0.137. The molecule has 430 valence electrons. The van der Waals surface area contributed by atoms with Gasteiger partial charge in [-0.2, -0.15) is 0 Å². The Morgan fingerprint density at radius 1 is 0.738 bits per heavy atom. The maximum atomic E-state index is 14.9. The minimum absolute atomic E-state index is 0.00573. The average Bonchev–Trinajstić information content (AvgIpc) is 4.01. The van der Waals surface area contributed by atoms with Crippen molar-refractivity contribution < 1.29 is 53.7 Å². The molecule has 0 unspecified atom stereocenters. The van der Waals surface area contributed by atoms with Gasteiger partial charge < -0.3 is 85.4 Å². The molecule has 0 bridgehead atoms. The van der Waals surface area contributed by atoms with Crippen LogP contribution in [0, 0.1) is 0 Å². The monoisotopic (exact) mass is 1140 g/mol. The molecule has 20 N–H and O–H groups in total. The van der Waals surface area contributed by atoms with E-state index in [0.29, 0.717) is 22.0 Å². The number of aromatic amines is 2. The van der Waals surface area contributed by atoms with Crippen LogP contribution in [0.25, 0.3) is 21.8 Å². The number of fused-ring (bicyclic) bond motifs is 2. The normalized spacial score (nSPS) is 22.2. The smallest absolute Gasteiger partial charge is 0.245 e. The molecule has 3 heterocycles. The van der Waals surface area contributed by atoms with E-state index in [-0.39, 0.29) is 56.1 Å². The minimum Gasteiger partial charge on any atom is -0.508 e. The van der Waals surface area contributed by atoms with Crippen LogP contribution in [-0.2, 0) is 57.6 Å². The van der Waals surface area contributed by atoms with Crippen LogP contribution in [0.1, 0.15) is 57.2 Å². The van der Waals surface area contributed by atoms with Gasteiger partial charge in [-0.05, 0) is 87.9 Å². The Balaban J connectivity index is 1.44. The van der Waals surface area contributed by atoms with E-state index < -0.39 is 113 Å². The largest absolute Gasteiger partial charge is 0.508 e. The fourth-order valence-electron chi connectivity index (χ4n) is 8.90. The van der Waals surface area contributed by atoms with Gasteiger partial charge in [-0.25, -0.2) is 0 Å². The summed E-state index contributed by atoms with van der Waals surface area (Å²) < 4.78 is -1.46. The number of hydrogen-bond acceptors (Lipinski definition) is 15. The first kappa shape index (κ1) is 61.4. The molecule has 0 aliphatic carbocycles. The number of guanidine groups is 1. The van der Waals surface area contributed by atoms with Gasteiger partial charge in [0, 0.05) is 64.1 Å². The van der Waals surface area contributed by atoms with Crippen LogP contribution in [0.2, 0.25) is 0 Å². The van der Waals surface area contributed by atoms with Gasteiger partial charge in [0.05, 0.1) is 18.2 Å². The predicted octanol–water partition coefficient (Wildman–Crippen LogP) is -1.42. The summed E-state index contributed by atoms with van der Waals surface area (Å²) in [6, 6.07) is 8.19. The number of nitrogens with one attached hydrogen (secondary N) is 9. The second-order valence-electron chi connectivity index (χ2n) is 20.1. The summed E-state index contributed by atoms with van der Waals surface area (Å²) in [4.78, 5) is 125. The van der Waals surface area contributed by atoms with E-state index in [2.05, 4.69) is 52.2 Å². The summed E-state index contributed by atoms with van der Waals surface area (Å²) in [5.41, 5.74) is 26.5. The number of rotatable bonds is 17. The molecule has 27 heteroatoms. The van der Waals surface area contributed by atoms with Crippen molar-refractivity contribution in [3.8, 4) is 5.75 Å². The lowest BCUT2D eigenvalue weighted by Crippen LogP contribution is -2.65. The maximum absolute atomic E-state index is 14.9. The van der Waals surface area contributed by atoms with Crippen LogP contribution in [0.15, 0.2) is 90.2 Å². The number of aliphatic imine (C=N–C) groups is 1. The summed E-state index contributed by atoms with van der Waals surface area (Å²) in [5.74, 6) is -8.20. The summed E-state index contributed by atoms with van der Waals surface area (Å²) in [6.45, 7) is 5.45. The Hall–Kier alpha value is -7.85. The molecule has 1 saturated heterocycles. The van der Waals surface area contributed by atoms with Gasteiger partial charge in [0.15, 0.2) is 5.96 Å². The highest BCUT2D eigenvalue weighted by molar-refractivity contribution is 8.77. The van der Waals surface area contributed by atoms with E-state index >= 15 is 0 Å². The molecule has 0 radical (unpaired) electrons. The lowest BCUT2D eigenvalue weighted by Gasteiger charge is -2.36. The standard InChI is InChI=1S/C53H70N14O11S2/c1-26(68)41(44(55)71)65-51(78)43-53(3,4)80-79-25-40(64-45(72)34(54)21-29-23-59-35-12-7-5-10-32(29)35)49(76)62-38(20-28-15-17-31(70)18-16-28)47(74)63-39(22-30-24-60-36-13-8-6-11-33(30)36)48(75)61-37(14-9-19-58-52(56)57)46(73)66-42(27(2)69)50(77)67-43/h5-8,10-13,15-18,23-24,26-27,34,37-43,59-60,68-70H,9,14,19-22,25,54H2,1-4H3,(H2,55,71)(H,61,75)(H,62,76)(H,63,74)(H,64,72)(H,65,78)(H,66,73)(H,67,77)(H4,56,57,58)/t26-,27-,34-,37+,38+,39+,40+,41+,42-,43+/m1/s1. The van der Waals surface area contributed by atoms with Crippen molar-refractivity contribution in [2.45, 2.75) is 125 Å². The molecule has 1 fully saturated rings. The second-order valence-corrected chi connectivity index (χ2v) is 23.1. The Bertz CT molecular complexity index is 3050. The zero-order chi connectivity index (χ0) is 58.4. The number of phenolic OH excluding ortho intramolecular Hbond substituents is 1. The lowest BCUT2D eigenvalue weighted by atomic mass is 9.99. The molecule has 2 aromatic heterocycles. The third-order valence-electron chi connectivity index (χ3n) is 13.3. The van der Waals surface area contributed by atoms with E-state index in [4.69, 9.17) is 22.9 Å². The van der Waals surface area contributed by atoms with Crippen molar-refractivity contribution in [1.29, 1.82) is 0 Å². The predicted molar refractivity (Wildman–Crippen MR) is 304 cm³/mol. The fourth-order valence-corrected chi connectivity index (χ4v) is 11.7. The molecular formula is C53H70N14O11S2. The Morgan fingerprint density at radius 3 is 1.90 bits per heavy atom. The number of aromatic nitrogens is 2. The number of para-hydroxylation sites is 2. The third-order valence-corrected chi connectivity index (χ3v) is 16.6. The van der Waals surface area contributed by atoms with E-state index in [0.717, 1.165) is 38.1 Å². The van der Waals surface area contributed by atoms with Crippen LogP contribution in [0.5, 0.6) is 5.75 Å². The highest BCUT2D eigenvalue weighted by atomic mass is 33.1. The molecule has 0 saturated carbocycles. The molecular weight excluding hydrogens is 1070 g/mol. The molecule has 1 aliphatic heterocycles. The van der Waals surface area contributed by atoms with Crippen molar-refractivity contribution in [3.63, 3.8) is 0 Å². The SMILES string of the molecule is C[C@@H](O)[C@H](NC(=O)[C@@H]1NC(=O)[C@@H]([C@@H](C)O)NC(=O)[C@H](CCCN=C(N)N)NC(=O)[C@H](Cc2c[nH]c3ccccc23)NC(=O)[C@H](Cc2ccc(O)cc2)NC(=O)[C@@H](NC(=O)[C@H](N)Cc2c[nH]c3ccccc23)CSSC1(C)C)C(N)=O. The van der Waals surface area contributed by atoms with Gasteiger partial charge in [-0.1, -0.05) is 70.1 Å². The molecule has 0 spiro atoms. The summed E-state index contributed by atoms with van der Waals surface area (Å²) in [6.07, 6.45) is -0.174. The van der Waals surface area contributed by atoms with Gasteiger partial charge in [0.25, 0.3) is 0 Å². The number of carbonyl (C=O) groups is 8. The topological polar surface area (TPSA) is 429 Å². The number of aliphatic hydroxyl groups is 2. The highest BCUT2D eigenvalue weighted by Gasteiger charge is 2.43. The second kappa shape index (κ2) is 27.8.